The van der Waals surface area contributed by atoms with Crippen LogP contribution in [0.4, 0.5) is 25.0 Å². The molecule has 0 aliphatic carbocycles. The van der Waals surface area contributed by atoms with Crippen LogP contribution in [0.5, 0.6) is 0 Å². The van der Waals surface area contributed by atoms with E-state index in [1.54, 1.807) is 52.9 Å². The number of hydrogen-bond acceptors (Lipinski definition) is 16. The van der Waals surface area contributed by atoms with Crippen LogP contribution in [0.2, 0.25) is 0 Å². The fourth-order valence-electron chi connectivity index (χ4n) is 3.37. The van der Waals surface area contributed by atoms with Gasteiger partial charge in [-0.2, -0.15) is 8.42 Å². The van der Waals surface area contributed by atoms with E-state index in [9.17, 15) is 18.0 Å². The summed E-state index contributed by atoms with van der Waals surface area (Å²) in [6.07, 6.45) is 7.33. The van der Waals surface area contributed by atoms with Crippen LogP contribution >= 0.6 is 34.0 Å². The summed E-state index contributed by atoms with van der Waals surface area (Å²) in [5.41, 5.74) is 4.42. The summed E-state index contributed by atoms with van der Waals surface area (Å²) in [5.74, 6) is 0. The Bertz CT molecular complexity index is 1490. The molecule has 0 bridgehead atoms. The molecule has 15 nitrogen and oxygen atoms in total. The molecule has 0 atom stereocenters. The van der Waals surface area contributed by atoms with Gasteiger partial charge >= 0.3 is 12.2 Å². The number of carbonyl (C=O) groups excluding carboxylic acids is 2. The minimum absolute atomic E-state index is 0.0757. The van der Waals surface area contributed by atoms with Gasteiger partial charge < -0.3 is 20.3 Å². The molecule has 4 rings (SSSR count). The minimum atomic E-state index is -3.49. The first-order valence-electron chi connectivity index (χ1n) is 14.1. The maximum atomic E-state index is 11.5. The van der Waals surface area contributed by atoms with Crippen molar-refractivity contribution in [1.29, 1.82) is 0 Å². The first-order chi connectivity index (χ1) is 21.3. The Morgan fingerprint density at radius 2 is 1.35 bits per heavy atom. The highest BCUT2D eigenvalue weighted by atomic mass is 32.2. The van der Waals surface area contributed by atoms with Crippen molar-refractivity contribution in [3.8, 4) is 0 Å². The van der Waals surface area contributed by atoms with Crippen LogP contribution in [0.25, 0.3) is 0 Å². The molecule has 2 amide bonds. The normalized spacial score (nSPS) is 13.6. The van der Waals surface area contributed by atoms with Crippen molar-refractivity contribution in [2.24, 2.45) is 0 Å². The Labute approximate surface area is 281 Å². The van der Waals surface area contributed by atoms with Gasteiger partial charge in [-0.3, -0.25) is 19.7 Å². The van der Waals surface area contributed by atoms with Crippen LogP contribution in [0.15, 0.2) is 18.6 Å². The van der Waals surface area contributed by atoms with Gasteiger partial charge in [0.1, 0.15) is 17.8 Å². The van der Waals surface area contributed by atoms with E-state index in [0.717, 1.165) is 24.1 Å². The number of anilines is 3. The maximum Gasteiger partial charge on any atom is 0.413 e. The topological polar surface area (TPSA) is 208 Å². The number of hydrogen-bond donors (Lipinski definition) is 4. The first kappa shape index (κ1) is 39.2. The van der Waals surface area contributed by atoms with Crippen molar-refractivity contribution in [2.75, 3.05) is 35.7 Å². The molecule has 1 aliphatic heterocycles. The molecule has 258 valence electrons. The quantitative estimate of drug-likeness (QED) is 0.219. The zero-order chi connectivity index (χ0) is 34.5. The van der Waals surface area contributed by atoms with E-state index in [2.05, 4.69) is 34.7 Å². The first-order valence-corrected chi connectivity index (χ1v) is 18.3. The van der Waals surface area contributed by atoms with Crippen molar-refractivity contribution in [3.05, 3.63) is 33.2 Å². The number of rotatable bonds is 8. The van der Waals surface area contributed by atoms with Gasteiger partial charge in [-0.15, -0.1) is 11.3 Å². The number of amides is 2. The number of aliphatic hydroxyl groups excluding tert-OH is 1. The van der Waals surface area contributed by atoms with E-state index in [1.807, 2.05) is 6.20 Å². The fraction of sp³-hybridized carbons (Fsp3) is 0.593. The van der Waals surface area contributed by atoms with Crippen LogP contribution in [0.3, 0.4) is 0 Å². The molecular weight excluding hydrogens is 679 g/mol. The number of nitrogens with two attached hydrogens (primary N) is 1. The third-order valence-corrected chi connectivity index (χ3v) is 8.18. The lowest BCUT2D eigenvalue weighted by atomic mass is 10.2. The van der Waals surface area contributed by atoms with Gasteiger partial charge in [0.15, 0.2) is 15.4 Å². The molecule has 1 saturated heterocycles. The van der Waals surface area contributed by atoms with Gasteiger partial charge in [0, 0.05) is 30.0 Å². The predicted molar refractivity (Wildman–Crippen MR) is 181 cm³/mol. The van der Waals surface area contributed by atoms with E-state index < -0.39 is 33.5 Å². The average Bonchev–Trinajstić information content (AvgIpc) is 3.71. The van der Waals surface area contributed by atoms with E-state index in [1.165, 1.54) is 54.5 Å². The Kier molecular flexibility index (Phi) is 15.2. The highest BCUT2D eigenvalue weighted by molar-refractivity contribution is 7.85. The van der Waals surface area contributed by atoms with E-state index in [0.29, 0.717) is 25.1 Å². The summed E-state index contributed by atoms with van der Waals surface area (Å²) in [4.78, 5) is 39.6. The molecule has 0 aromatic carbocycles. The molecule has 3 aromatic rings. The minimum Gasteiger partial charge on any atom is -0.444 e. The number of thiazole rings is 3. The van der Waals surface area contributed by atoms with Gasteiger partial charge in [0.25, 0.3) is 10.1 Å². The molecule has 0 unspecified atom stereocenters. The van der Waals surface area contributed by atoms with Crippen LogP contribution in [-0.2, 0) is 43.5 Å². The second-order valence-electron chi connectivity index (χ2n) is 11.8. The Morgan fingerprint density at radius 3 is 1.76 bits per heavy atom. The number of nitrogen functional groups attached to an aromatic ring is 1. The smallest absolute Gasteiger partial charge is 0.413 e. The average molecular weight is 722 g/mol. The van der Waals surface area contributed by atoms with Gasteiger partial charge in [-0.25, -0.2) is 24.5 Å². The number of aromatic nitrogens is 3. The number of carbonyl (C=O) groups is 2. The second kappa shape index (κ2) is 17.8. The van der Waals surface area contributed by atoms with Gasteiger partial charge in [-0.05, 0) is 67.5 Å². The third-order valence-electron chi connectivity index (χ3n) is 5.04. The molecule has 0 saturated carbocycles. The lowest BCUT2D eigenvalue weighted by Gasteiger charge is -2.18. The number of ether oxygens (including phenoxy) is 2. The summed E-state index contributed by atoms with van der Waals surface area (Å²) in [6, 6.07) is 0. The van der Waals surface area contributed by atoms with Crippen molar-refractivity contribution in [3.63, 3.8) is 0 Å². The summed E-state index contributed by atoms with van der Waals surface area (Å²) in [7, 11) is -3.49. The Hall–Kier alpha value is -2.94. The van der Waals surface area contributed by atoms with E-state index in [-0.39, 0.29) is 13.2 Å². The fourth-order valence-corrected chi connectivity index (χ4v) is 5.89. The van der Waals surface area contributed by atoms with Gasteiger partial charge in [-0.1, -0.05) is 22.7 Å². The van der Waals surface area contributed by atoms with Crippen LogP contribution < -0.4 is 16.4 Å². The van der Waals surface area contributed by atoms with Crippen molar-refractivity contribution >= 4 is 71.7 Å². The lowest BCUT2D eigenvalue weighted by Crippen LogP contribution is -2.27. The summed E-state index contributed by atoms with van der Waals surface area (Å²) >= 11 is 3.93. The van der Waals surface area contributed by atoms with Crippen molar-refractivity contribution in [2.45, 2.75) is 85.3 Å². The molecule has 0 spiro atoms. The summed E-state index contributed by atoms with van der Waals surface area (Å²) in [6.45, 7) is 13.9. The second-order valence-corrected chi connectivity index (χ2v) is 16.8. The van der Waals surface area contributed by atoms with E-state index >= 15 is 0 Å². The Balaban J connectivity index is 0.000000246. The molecule has 3 aromatic heterocycles. The molecule has 4 heterocycles. The summed E-state index contributed by atoms with van der Waals surface area (Å²) in [5, 5.41) is 15.2. The Morgan fingerprint density at radius 1 is 0.870 bits per heavy atom. The standard InChI is InChI=1S/C10H16N2O5S2.C9H14N2O3S.C8H13N3S/c1-10(2,3)17-9(13)12-8-11-5-7(18-8)6-16-19(4,14)15;1-9(2,3)14-8(13)11-7-10-4-6(5-12)15-7;9-8-10-5-7(12-8)6-11-3-1-2-4-11/h5H,6H2,1-4H3,(H,11,12,13);4,12H,5H2,1-3H3,(H,10,11,13);5H,1-4,6H2,(H2,9,10). The number of aliphatic hydroxyl groups is 1. The van der Waals surface area contributed by atoms with E-state index in [4.69, 9.17) is 20.3 Å². The lowest BCUT2D eigenvalue weighted by molar-refractivity contribution is 0.0624. The zero-order valence-electron chi connectivity index (χ0n) is 27.0. The SMILES string of the molecule is CC(C)(C)OC(=O)Nc1ncc(CO)s1.CC(C)(C)OC(=O)Nc1ncc(COS(C)(=O)=O)s1.Nc1ncc(CN2CCCC2)s1. The van der Waals surface area contributed by atoms with Gasteiger partial charge in [0.05, 0.1) is 22.6 Å². The van der Waals surface area contributed by atoms with Crippen molar-refractivity contribution in [1.82, 2.24) is 19.9 Å². The molecule has 46 heavy (non-hydrogen) atoms. The van der Waals surface area contributed by atoms with Crippen LogP contribution in [-0.4, -0.2) is 76.1 Å². The maximum absolute atomic E-state index is 11.5. The third kappa shape index (κ3) is 17.7. The zero-order valence-corrected chi connectivity index (χ0v) is 30.3. The van der Waals surface area contributed by atoms with Crippen LogP contribution in [0, 0.1) is 0 Å². The molecule has 1 aliphatic rings. The molecular formula is C27H43N7O8S4. The predicted octanol–water partition coefficient (Wildman–Crippen LogP) is 5.27. The monoisotopic (exact) mass is 721 g/mol. The summed E-state index contributed by atoms with van der Waals surface area (Å²) < 4.78 is 36.3. The van der Waals surface area contributed by atoms with Crippen LogP contribution in [0.1, 0.15) is 69.0 Å². The molecule has 1 fully saturated rings. The molecule has 0 radical (unpaired) electrons. The highest BCUT2D eigenvalue weighted by Crippen LogP contribution is 2.21. The number of likely N-dealkylation sites (tertiary alicyclic amines) is 1. The van der Waals surface area contributed by atoms with Gasteiger partial charge in [0.2, 0.25) is 0 Å². The largest absolute Gasteiger partial charge is 0.444 e. The van der Waals surface area contributed by atoms with Crippen molar-refractivity contribution < 1.29 is 36.8 Å². The highest BCUT2D eigenvalue weighted by Gasteiger charge is 2.18. The molecule has 5 N–H and O–H groups in total. The number of nitrogens with one attached hydrogen (secondary N) is 2. The number of nitrogens with zero attached hydrogens (tertiary/aromatic N) is 4. The molecule has 19 heteroatoms.